The number of benzene rings is 2. The van der Waals surface area contributed by atoms with Crippen molar-refractivity contribution in [3.63, 3.8) is 0 Å². The summed E-state index contributed by atoms with van der Waals surface area (Å²) in [4.78, 5) is 21.5. The highest BCUT2D eigenvalue weighted by Crippen LogP contribution is 2.26. The van der Waals surface area contributed by atoms with E-state index in [4.69, 9.17) is 9.15 Å². The maximum Gasteiger partial charge on any atom is 0.345 e. The number of aromatic nitrogens is 2. The quantitative estimate of drug-likeness (QED) is 0.319. The molecular formula is C24H28ClN5O3. The molecule has 1 atom stereocenters. The number of ether oxygens (including phenoxy) is 1. The van der Waals surface area contributed by atoms with Crippen LogP contribution in [0.15, 0.2) is 64.0 Å². The van der Waals surface area contributed by atoms with E-state index in [0.29, 0.717) is 30.2 Å². The Morgan fingerprint density at radius 2 is 1.73 bits per heavy atom. The van der Waals surface area contributed by atoms with Gasteiger partial charge in [0.2, 0.25) is 11.9 Å². The minimum Gasteiger partial charge on any atom is -0.406 e. The van der Waals surface area contributed by atoms with Gasteiger partial charge in [0.1, 0.15) is 0 Å². The Balaban J connectivity index is 0.00000306. The van der Waals surface area contributed by atoms with Gasteiger partial charge >= 0.3 is 6.01 Å². The molecular weight excluding hydrogens is 442 g/mol. The van der Waals surface area contributed by atoms with Gasteiger partial charge in [-0.3, -0.25) is 4.79 Å². The second-order valence-corrected chi connectivity index (χ2v) is 7.87. The zero-order valence-corrected chi connectivity index (χ0v) is 19.8. The number of rotatable bonds is 5. The first-order valence-corrected chi connectivity index (χ1v) is 10.6. The predicted octanol–water partition coefficient (Wildman–Crippen LogP) is 3.76. The molecule has 8 nitrogen and oxygen atoms in total. The molecule has 174 valence electrons. The van der Waals surface area contributed by atoms with Crippen molar-refractivity contribution >= 4 is 30.2 Å². The molecule has 1 fully saturated rings. The molecule has 1 unspecified atom stereocenters. The van der Waals surface area contributed by atoms with Gasteiger partial charge in [-0.25, -0.2) is 0 Å². The number of guanidine groups is 1. The van der Waals surface area contributed by atoms with Gasteiger partial charge < -0.3 is 19.0 Å². The van der Waals surface area contributed by atoms with Crippen molar-refractivity contribution in [1.29, 1.82) is 0 Å². The summed E-state index contributed by atoms with van der Waals surface area (Å²) in [5, 5.41) is 8.34. The molecule has 1 saturated heterocycles. The molecule has 2 aromatic carbocycles. The average molecular weight is 470 g/mol. The molecule has 2 heterocycles. The van der Waals surface area contributed by atoms with Gasteiger partial charge in [-0.2, -0.15) is 4.99 Å². The van der Waals surface area contributed by atoms with Gasteiger partial charge in [0.15, 0.2) is 5.78 Å². The smallest absolute Gasteiger partial charge is 0.345 e. The summed E-state index contributed by atoms with van der Waals surface area (Å²) in [5.41, 5.74) is 2.21. The Morgan fingerprint density at radius 1 is 1.03 bits per heavy atom. The summed E-state index contributed by atoms with van der Waals surface area (Å²) in [6.45, 7) is 4.82. The molecule has 3 aromatic rings. The van der Waals surface area contributed by atoms with Crippen molar-refractivity contribution < 1.29 is 13.9 Å². The van der Waals surface area contributed by atoms with E-state index in [1.165, 1.54) is 0 Å². The van der Waals surface area contributed by atoms with E-state index in [2.05, 4.69) is 20.1 Å². The molecule has 1 aliphatic rings. The number of aliphatic imine (C=N–C) groups is 1. The molecule has 0 radical (unpaired) electrons. The summed E-state index contributed by atoms with van der Waals surface area (Å²) >= 11 is 0. The highest BCUT2D eigenvalue weighted by atomic mass is 35.5. The Hall–Kier alpha value is -3.23. The molecule has 0 bridgehead atoms. The molecule has 0 spiro atoms. The van der Waals surface area contributed by atoms with Gasteiger partial charge in [-0.15, -0.1) is 17.5 Å². The topological polar surface area (TPSA) is 84.1 Å². The van der Waals surface area contributed by atoms with E-state index in [1.54, 1.807) is 0 Å². The minimum atomic E-state index is -0.179. The summed E-state index contributed by atoms with van der Waals surface area (Å²) in [7, 11) is 3.87. The summed E-state index contributed by atoms with van der Waals surface area (Å²) in [6, 6.07) is 17.0. The van der Waals surface area contributed by atoms with Crippen LogP contribution in [-0.4, -0.2) is 72.1 Å². The van der Waals surface area contributed by atoms with Crippen LogP contribution in [-0.2, 0) is 4.74 Å². The largest absolute Gasteiger partial charge is 0.406 e. The van der Waals surface area contributed by atoms with Crippen molar-refractivity contribution in [2.45, 2.75) is 12.8 Å². The van der Waals surface area contributed by atoms with Gasteiger partial charge in [0.05, 0.1) is 19.1 Å². The third-order valence-electron chi connectivity index (χ3n) is 5.37. The lowest BCUT2D eigenvalue weighted by Gasteiger charge is -2.32. The normalized spacial score (nSPS) is 15.0. The standard InChI is InChI=1S/C24H27N5O3.ClH/c1-17(19-10-7-11-20(16-19)21(30)18-8-5-4-6-9-18)22-26-27-23(32-22)25-24(28(2)3)29-12-14-31-15-13-29;/h4-11,16-17H,12-15H2,1-3H3;1H. The van der Waals surface area contributed by atoms with Gasteiger partial charge in [-0.1, -0.05) is 53.6 Å². The van der Waals surface area contributed by atoms with Crippen molar-refractivity contribution in [2.24, 2.45) is 4.99 Å². The van der Waals surface area contributed by atoms with Crippen LogP contribution in [0.4, 0.5) is 6.01 Å². The van der Waals surface area contributed by atoms with E-state index in [0.717, 1.165) is 24.6 Å². The summed E-state index contributed by atoms with van der Waals surface area (Å²) in [6.07, 6.45) is 0. The number of ketones is 1. The maximum absolute atomic E-state index is 12.8. The third-order valence-corrected chi connectivity index (χ3v) is 5.37. The molecule has 0 saturated carbocycles. The van der Waals surface area contributed by atoms with Crippen molar-refractivity contribution in [3.8, 4) is 0 Å². The van der Waals surface area contributed by atoms with Gasteiger partial charge in [0.25, 0.3) is 0 Å². The number of hydrogen-bond donors (Lipinski definition) is 0. The third kappa shape index (κ3) is 5.77. The first-order chi connectivity index (χ1) is 15.5. The Labute approximate surface area is 199 Å². The monoisotopic (exact) mass is 469 g/mol. The highest BCUT2D eigenvalue weighted by Gasteiger charge is 2.21. The maximum atomic E-state index is 12.8. The van der Waals surface area contributed by atoms with Crippen LogP contribution in [0.25, 0.3) is 0 Å². The minimum absolute atomic E-state index is 0. The fourth-order valence-electron chi connectivity index (χ4n) is 3.60. The first-order valence-electron chi connectivity index (χ1n) is 10.6. The van der Waals surface area contributed by atoms with Crippen LogP contribution in [0.1, 0.15) is 40.2 Å². The zero-order valence-electron chi connectivity index (χ0n) is 19.0. The van der Waals surface area contributed by atoms with Crippen LogP contribution in [0.3, 0.4) is 0 Å². The fourth-order valence-corrected chi connectivity index (χ4v) is 3.60. The van der Waals surface area contributed by atoms with Crippen LogP contribution in [0, 0.1) is 0 Å². The second kappa shape index (κ2) is 11.1. The summed E-state index contributed by atoms with van der Waals surface area (Å²) in [5.74, 6) is 1.01. The van der Waals surface area contributed by atoms with Crippen LogP contribution < -0.4 is 0 Å². The predicted molar refractivity (Wildman–Crippen MR) is 129 cm³/mol. The molecule has 4 rings (SSSR count). The van der Waals surface area contributed by atoms with E-state index < -0.39 is 0 Å². The number of nitrogens with zero attached hydrogens (tertiary/aromatic N) is 5. The highest BCUT2D eigenvalue weighted by molar-refractivity contribution is 6.09. The SMILES string of the molecule is CC(c1cccc(C(=O)c2ccccc2)c1)c1nnc(N=C(N(C)C)N2CCOCC2)o1.Cl. The Bertz CT molecular complexity index is 1090. The first kappa shape index (κ1) is 24.4. The summed E-state index contributed by atoms with van der Waals surface area (Å²) < 4.78 is 11.3. The molecule has 1 aliphatic heterocycles. The molecule has 0 amide bonds. The lowest BCUT2D eigenvalue weighted by Crippen LogP contribution is -2.46. The number of morpholine rings is 1. The average Bonchev–Trinajstić information content (AvgIpc) is 3.31. The fraction of sp³-hybridized carbons (Fsp3) is 0.333. The van der Waals surface area contributed by atoms with Crippen molar-refractivity contribution in [1.82, 2.24) is 20.0 Å². The van der Waals surface area contributed by atoms with Gasteiger partial charge in [-0.05, 0) is 18.6 Å². The van der Waals surface area contributed by atoms with E-state index in [-0.39, 0.29) is 30.1 Å². The number of hydrogen-bond acceptors (Lipinski definition) is 6. The number of carbonyl (C=O) groups is 1. The van der Waals surface area contributed by atoms with Gasteiger partial charge in [0, 0.05) is 38.3 Å². The molecule has 1 aromatic heterocycles. The van der Waals surface area contributed by atoms with Crippen LogP contribution in [0.2, 0.25) is 0 Å². The number of halogens is 1. The molecule has 9 heteroatoms. The molecule has 33 heavy (non-hydrogen) atoms. The molecule has 0 N–H and O–H groups in total. The number of carbonyl (C=O) groups excluding carboxylic acids is 1. The van der Waals surface area contributed by atoms with Crippen LogP contribution >= 0.6 is 12.4 Å². The van der Waals surface area contributed by atoms with Crippen LogP contribution in [0.5, 0.6) is 0 Å². The zero-order chi connectivity index (χ0) is 22.5. The molecule has 0 aliphatic carbocycles. The Morgan fingerprint density at radius 3 is 2.42 bits per heavy atom. The van der Waals surface area contributed by atoms with E-state index in [9.17, 15) is 4.79 Å². The lowest BCUT2D eigenvalue weighted by atomic mass is 9.96. The van der Waals surface area contributed by atoms with Crippen molar-refractivity contribution in [3.05, 3.63) is 77.2 Å². The van der Waals surface area contributed by atoms with E-state index >= 15 is 0 Å². The lowest BCUT2D eigenvalue weighted by molar-refractivity contribution is 0.0637. The Kier molecular flexibility index (Phi) is 8.19. The van der Waals surface area contributed by atoms with Crippen molar-refractivity contribution in [2.75, 3.05) is 40.4 Å². The second-order valence-electron chi connectivity index (χ2n) is 7.87. The van der Waals surface area contributed by atoms with E-state index in [1.807, 2.05) is 80.5 Å².